The van der Waals surface area contributed by atoms with Gasteiger partial charge in [0.25, 0.3) is 5.91 Å². The summed E-state index contributed by atoms with van der Waals surface area (Å²) in [6.45, 7) is 1.17. The number of nitrogens with zero attached hydrogens (tertiary/aromatic N) is 1. The van der Waals surface area contributed by atoms with Crippen LogP contribution in [0.25, 0.3) is 0 Å². The molecule has 1 fully saturated rings. The molecule has 0 saturated heterocycles. The van der Waals surface area contributed by atoms with Crippen LogP contribution < -0.4 is 5.73 Å². The normalized spacial score (nSPS) is 14.9. The molecule has 0 radical (unpaired) electrons. The zero-order valence-electron chi connectivity index (χ0n) is 9.03. The molecule has 0 atom stereocenters. The second-order valence-electron chi connectivity index (χ2n) is 4.03. The Hall–Kier alpha value is -0.870. The predicted octanol–water partition coefficient (Wildman–Crippen LogP) is 2.01. The lowest BCUT2D eigenvalue weighted by atomic mass is 10.2. The molecular weight excluding hydrogens is 268 g/mol. The molecule has 3 nitrogen and oxygen atoms in total. The van der Waals surface area contributed by atoms with Gasteiger partial charge in [0.15, 0.2) is 0 Å². The van der Waals surface area contributed by atoms with E-state index >= 15 is 0 Å². The summed E-state index contributed by atoms with van der Waals surface area (Å²) in [7, 11) is 0. The number of hydrogen-bond donors (Lipinski definition) is 1. The fraction of sp³-hybridized carbons (Fsp3) is 0.417. The van der Waals surface area contributed by atoms with Crippen LogP contribution in [0.2, 0.25) is 0 Å². The summed E-state index contributed by atoms with van der Waals surface area (Å²) < 4.78 is 0.932. The average molecular weight is 283 g/mol. The molecule has 2 N–H and O–H groups in total. The molecule has 1 aromatic carbocycles. The second kappa shape index (κ2) is 4.97. The van der Waals surface area contributed by atoms with Gasteiger partial charge in [-0.15, -0.1) is 0 Å². The Bertz CT molecular complexity index is 390. The van der Waals surface area contributed by atoms with Crippen LogP contribution in [0.5, 0.6) is 0 Å². The number of rotatable bonds is 4. The highest BCUT2D eigenvalue weighted by atomic mass is 79.9. The van der Waals surface area contributed by atoms with Crippen molar-refractivity contribution in [2.45, 2.75) is 18.9 Å². The van der Waals surface area contributed by atoms with Crippen molar-refractivity contribution in [1.82, 2.24) is 4.90 Å². The van der Waals surface area contributed by atoms with Crippen LogP contribution >= 0.6 is 15.9 Å². The lowest BCUT2D eigenvalue weighted by molar-refractivity contribution is 0.0748. The van der Waals surface area contributed by atoms with E-state index in [-0.39, 0.29) is 5.91 Å². The van der Waals surface area contributed by atoms with Gasteiger partial charge in [-0.3, -0.25) is 4.79 Å². The smallest absolute Gasteiger partial charge is 0.254 e. The van der Waals surface area contributed by atoms with Crippen molar-refractivity contribution < 1.29 is 4.79 Å². The van der Waals surface area contributed by atoms with Crippen molar-refractivity contribution in [3.63, 3.8) is 0 Å². The van der Waals surface area contributed by atoms with Gasteiger partial charge >= 0.3 is 0 Å². The highest BCUT2D eigenvalue weighted by Crippen LogP contribution is 2.28. The number of nitrogens with two attached hydrogens (primary N) is 1. The maximum absolute atomic E-state index is 12.2. The topological polar surface area (TPSA) is 46.3 Å². The van der Waals surface area contributed by atoms with Crippen LogP contribution in [-0.4, -0.2) is 29.9 Å². The molecule has 1 aromatic rings. The molecule has 1 aliphatic rings. The Balaban J connectivity index is 2.15. The maximum atomic E-state index is 12.2. The summed E-state index contributed by atoms with van der Waals surface area (Å²) in [6, 6.07) is 7.91. The van der Waals surface area contributed by atoms with Gasteiger partial charge in [0, 0.05) is 29.2 Å². The second-order valence-corrected chi connectivity index (χ2v) is 4.94. The van der Waals surface area contributed by atoms with Crippen LogP contribution in [0.3, 0.4) is 0 Å². The molecular formula is C12H15BrN2O. The fourth-order valence-corrected chi connectivity index (χ4v) is 2.16. The summed E-state index contributed by atoms with van der Waals surface area (Å²) in [5.74, 6) is 0.0919. The van der Waals surface area contributed by atoms with E-state index in [1.54, 1.807) is 0 Å². The van der Waals surface area contributed by atoms with Crippen molar-refractivity contribution >= 4 is 21.8 Å². The molecule has 2 rings (SSSR count). The molecule has 4 heteroatoms. The molecule has 86 valence electrons. The van der Waals surface area contributed by atoms with E-state index < -0.39 is 0 Å². The first kappa shape index (κ1) is 11.6. The third-order valence-corrected chi connectivity index (χ3v) is 3.18. The number of benzene rings is 1. The third-order valence-electron chi connectivity index (χ3n) is 2.69. The van der Waals surface area contributed by atoms with Gasteiger partial charge in [-0.2, -0.15) is 0 Å². The Morgan fingerprint density at radius 3 is 2.81 bits per heavy atom. The van der Waals surface area contributed by atoms with E-state index in [2.05, 4.69) is 15.9 Å². The van der Waals surface area contributed by atoms with E-state index in [0.717, 1.165) is 22.9 Å². The maximum Gasteiger partial charge on any atom is 0.254 e. The van der Waals surface area contributed by atoms with Crippen molar-refractivity contribution in [3.05, 3.63) is 34.3 Å². The molecule has 1 amide bonds. The molecule has 1 aliphatic carbocycles. The number of carbonyl (C=O) groups excluding carboxylic acids is 1. The zero-order chi connectivity index (χ0) is 11.5. The van der Waals surface area contributed by atoms with Crippen molar-refractivity contribution in [2.75, 3.05) is 13.1 Å². The highest BCUT2D eigenvalue weighted by Gasteiger charge is 2.32. The van der Waals surface area contributed by atoms with Crippen molar-refractivity contribution in [3.8, 4) is 0 Å². The predicted molar refractivity (Wildman–Crippen MR) is 67.3 cm³/mol. The standard InChI is InChI=1S/C12H15BrN2O/c13-10-3-1-2-9(8-10)12(16)15(7-6-14)11-4-5-11/h1-3,8,11H,4-7,14H2. The van der Waals surface area contributed by atoms with Crippen LogP contribution in [0.4, 0.5) is 0 Å². The number of amides is 1. The van der Waals surface area contributed by atoms with Crippen LogP contribution in [0, 0.1) is 0 Å². The minimum absolute atomic E-state index is 0.0919. The van der Waals surface area contributed by atoms with Gasteiger partial charge in [0.05, 0.1) is 0 Å². The first-order chi connectivity index (χ1) is 7.72. The largest absolute Gasteiger partial charge is 0.334 e. The SMILES string of the molecule is NCCN(C(=O)c1cccc(Br)c1)C1CC1. The van der Waals surface area contributed by atoms with E-state index in [0.29, 0.717) is 19.1 Å². The first-order valence-corrected chi connectivity index (χ1v) is 6.28. The minimum Gasteiger partial charge on any atom is -0.334 e. The molecule has 0 spiro atoms. The number of carbonyl (C=O) groups is 1. The molecule has 16 heavy (non-hydrogen) atoms. The van der Waals surface area contributed by atoms with Gasteiger partial charge in [-0.1, -0.05) is 22.0 Å². The van der Waals surface area contributed by atoms with Crippen LogP contribution in [-0.2, 0) is 0 Å². The molecule has 0 unspecified atom stereocenters. The van der Waals surface area contributed by atoms with Gasteiger partial charge in [0.2, 0.25) is 0 Å². The van der Waals surface area contributed by atoms with E-state index in [4.69, 9.17) is 5.73 Å². The molecule has 0 aliphatic heterocycles. The minimum atomic E-state index is 0.0919. The summed E-state index contributed by atoms with van der Waals surface area (Å²) in [5, 5.41) is 0. The van der Waals surface area contributed by atoms with E-state index in [9.17, 15) is 4.79 Å². The molecule has 1 saturated carbocycles. The average Bonchev–Trinajstić information content (AvgIpc) is 3.09. The summed E-state index contributed by atoms with van der Waals surface area (Å²) in [5.41, 5.74) is 6.27. The number of hydrogen-bond acceptors (Lipinski definition) is 2. The quantitative estimate of drug-likeness (QED) is 0.918. The molecule has 0 heterocycles. The fourth-order valence-electron chi connectivity index (χ4n) is 1.76. The number of halogens is 1. The lowest BCUT2D eigenvalue weighted by Crippen LogP contribution is -2.37. The Morgan fingerprint density at radius 2 is 2.25 bits per heavy atom. The summed E-state index contributed by atoms with van der Waals surface area (Å²) in [6.07, 6.45) is 2.22. The Morgan fingerprint density at radius 1 is 1.50 bits per heavy atom. The Labute approximate surface area is 104 Å². The molecule has 0 aromatic heterocycles. The van der Waals surface area contributed by atoms with E-state index in [1.165, 1.54) is 0 Å². The van der Waals surface area contributed by atoms with Gasteiger partial charge in [-0.05, 0) is 31.0 Å². The van der Waals surface area contributed by atoms with Gasteiger partial charge in [-0.25, -0.2) is 0 Å². The van der Waals surface area contributed by atoms with Gasteiger partial charge in [0.1, 0.15) is 0 Å². The van der Waals surface area contributed by atoms with Crippen molar-refractivity contribution in [1.29, 1.82) is 0 Å². The lowest BCUT2D eigenvalue weighted by Gasteiger charge is -2.21. The summed E-state index contributed by atoms with van der Waals surface area (Å²) >= 11 is 3.38. The Kier molecular flexibility index (Phi) is 3.61. The van der Waals surface area contributed by atoms with Crippen LogP contribution in [0.15, 0.2) is 28.7 Å². The van der Waals surface area contributed by atoms with Crippen LogP contribution in [0.1, 0.15) is 23.2 Å². The monoisotopic (exact) mass is 282 g/mol. The molecule has 0 bridgehead atoms. The third kappa shape index (κ3) is 2.62. The first-order valence-electron chi connectivity index (χ1n) is 5.49. The zero-order valence-corrected chi connectivity index (χ0v) is 10.6. The van der Waals surface area contributed by atoms with E-state index in [1.807, 2.05) is 29.2 Å². The highest BCUT2D eigenvalue weighted by molar-refractivity contribution is 9.10. The van der Waals surface area contributed by atoms with Crippen molar-refractivity contribution in [2.24, 2.45) is 5.73 Å². The summed E-state index contributed by atoms with van der Waals surface area (Å²) in [4.78, 5) is 14.1. The van der Waals surface area contributed by atoms with Gasteiger partial charge < -0.3 is 10.6 Å².